The van der Waals surface area contributed by atoms with Gasteiger partial charge in [0.2, 0.25) is 5.91 Å². The van der Waals surface area contributed by atoms with Crippen molar-refractivity contribution in [1.29, 1.82) is 0 Å². The molecule has 1 amide bonds. The lowest BCUT2D eigenvalue weighted by Gasteiger charge is -2.08. The predicted molar refractivity (Wildman–Crippen MR) is 126 cm³/mol. The molecule has 5 rings (SSSR count). The van der Waals surface area contributed by atoms with Crippen molar-refractivity contribution in [2.24, 2.45) is 0 Å². The molecule has 0 aliphatic heterocycles. The molecule has 1 aliphatic carbocycles. The van der Waals surface area contributed by atoms with E-state index in [-0.39, 0.29) is 12.5 Å². The van der Waals surface area contributed by atoms with E-state index in [1.54, 1.807) is 4.68 Å². The summed E-state index contributed by atoms with van der Waals surface area (Å²) in [4.78, 5) is 17.5. The summed E-state index contributed by atoms with van der Waals surface area (Å²) in [6.07, 6.45) is 6.31. The van der Waals surface area contributed by atoms with Crippen molar-refractivity contribution < 1.29 is 4.79 Å². The number of hydrogen-bond donors (Lipinski definition) is 1. The molecule has 0 atom stereocenters. The minimum absolute atomic E-state index is 0.109. The molecular weight excluding hydrogens is 416 g/mol. The highest BCUT2D eigenvalue weighted by Gasteiger charge is 2.28. The van der Waals surface area contributed by atoms with Gasteiger partial charge in [0.1, 0.15) is 6.54 Å². The first-order chi connectivity index (χ1) is 15.9. The van der Waals surface area contributed by atoms with Gasteiger partial charge in [-0.1, -0.05) is 0 Å². The number of aromatic nitrogens is 7. The van der Waals surface area contributed by atoms with Crippen LogP contribution in [0.15, 0.2) is 18.5 Å². The molecule has 1 saturated carbocycles. The summed E-state index contributed by atoms with van der Waals surface area (Å²) < 4.78 is 5.56. The van der Waals surface area contributed by atoms with Gasteiger partial charge in [-0.05, 0) is 65.0 Å². The zero-order chi connectivity index (χ0) is 23.3. The summed E-state index contributed by atoms with van der Waals surface area (Å²) in [5.41, 5.74) is 7.58. The van der Waals surface area contributed by atoms with Crippen LogP contribution in [0, 0.1) is 27.7 Å². The maximum atomic E-state index is 13.0. The van der Waals surface area contributed by atoms with E-state index in [9.17, 15) is 4.79 Å². The number of fused-ring (bicyclic) bond motifs is 1. The summed E-state index contributed by atoms with van der Waals surface area (Å²) in [6, 6.07) is 2.09. The van der Waals surface area contributed by atoms with Gasteiger partial charge >= 0.3 is 0 Å². The molecular formula is C24H30N8O. The molecule has 0 spiro atoms. The second kappa shape index (κ2) is 8.13. The van der Waals surface area contributed by atoms with Crippen molar-refractivity contribution in [3.63, 3.8) is 0 Å². The number of pyridine rings is 1. The third-order valence-corrected chi connectivity index (χ3v) is 6.49. The Labute approximate surface area is 192 Å². The number of rotatable bonds is 7. The van der Waals surface area contributed by atoms with Crippen LogP contribution in [-0.2, 0) is 24.4 Å². The monoisotopic (exact) mass is 446 g/mol. The number of hydrogen-bond acceptors (Lipinski definition) is 5. The zero-order valence-electron chi connectivity index (χ0n) is 19.9. The van der Waals surface area contributed by atoms with Gasteiger partial charge in [-0.3, -0.25) is 14.2 Å². The number of nitrogens with one attached hydrogen (secondary N) is 1. The molecule has 172 valence electrons. The van der Waals surface area contributed by atoms with Gasteiger partial charge in [0.15, 0.2) is 5.65 Å². The van der Waals surface area contributed by atoms with Gasteiger partial charge < -0.3 is 5.32 Å². The minimum atomic E-state index is -0.140. The molecule has 0 saturated heterocycles. The maximum absolute atomic E-state index is 13.0. The van der Waals surface area contributed by atoms with E-state index in [1.807, 2.05) is 43.3 Å². The number of nitrogens with zero attached hydrogens (tertiary/aromatic N) is 7. The summed E-state index contributed by atoms with van der Waals surface area (Å²) in [5, 5.41) is 18.0. The second-order valence-corrected chi connectivity index (χ2v) is 8.96. The Kier molecular flexibility index (Phi) is 5.26. The SMILES string of the molecule is CCn1cc(Cn2nc(C)c(NC(=O)Cn3nc(C)c4c(C5CC5)ccnc43)c2C)c(C)n1. The normalized spacial score (nSPS) is 13.7. The van der Waals surface area contributed by atoms with Crippen molar-refractivity contribution in [3.05, 3.63) is 52.4 Å². The Morgan fingerprint density at radius 3 is 2.52 bits per heavy atom. The number of aryl methyl sites for hydroxylation is 4. The molecule has 4 aromatic rings. The second-order valence-electron chi connectivity index (χ2n) is 8.96. The fourth-order valence-electron chi connectivity index (χ4n) is 4.54. The smallest absolute Gasteiger partial charge is 0.246 e. The van der Waals surface area contributed by atoms with Crippen LogP contribution in [0.3, 0.4) is 0 Å². The first-order valence-electron chi connectivity index (χ1n) is 11.5. The molecule has 4 aromatic heterocycles. The lowest BCUT2D eigenvalue weighted by atomic mass is 10.1. The van der Waals surface area contributed by atoms with Crippen molar-refractivity contribution in [1.82, 2.24) is 34.3 Å². The Bertz CT molecular complexity index is 1350. The van der Waals surface area contributed by atoms with Crippen molar-refractivity contribution >= 4 is 22.6 Å². The lowest BCUT2D eigenvalue weighted by molar-refractivity contribution is -0.116. The largest absolute Gasteiger partial charge is 0.321 e. The van der Waals surface area contributed by atoms with Crippen LogP contribution in [0.4, 0.5) is 5.69 Å². The quantitative estimate of drug-likeness (QED) is 0.468. The van der Waals surface area contributed by atoms with E-state index in [0.717, 1.165) is 51.6 Å². The molecule has 0 bridgehead atoms. The number of amides is 1. The molecule has 1 aliphatic rings. The van der Waals surface area contributed by atoms with Gasteiger partial charge in [0.05, 0.1) is 35.0 Å². The molecule has 33 heavy (non-hydrogen) atoms. The lowest BCUT2D eigenvalue weighted by Crippen LogP contribution is -2.20. The van der Waals surface area contributed by atoms with E-state index in [0.29, 0.717) is 12.5 Å². The molecule has 1 N–H and O–H groups in total. The third-order valence-electron chi connectivity index (χ3n) is 6.49. The average Bonchev–Trinajstić information content (AvgIpc) is 3.45. The topological polar surface area (TPSA) is 95.5 Å². The van der Waals surface area contributed by atoms with Crippen LogP contribution in [-0.4, -0.2) is 40.2 Å². The van der Waals surface area contributed by atoms with Gasteiger partial charge in [-0.2, -0.15) is 15.3 Å². The highest BCUT2D eigenvalue weighted by Crippen LogP contribution is 2.43. The standard InChI is InChI=1S/C24H30N8O/c1-6-30-11-19(14(2)27-30)12-31-17(5)23(16(4)29-31)26-21(33)13-32-24-22(15(3)28-32)20(9-10-25-24)18-7-8-18/h9-11,18H,6-8,12-13H2,1-5H3,(H,26,33). The van der Waals surface area contributed by atoms with Gasteiger partial charge in [-0.15, -0.1) is 0 Å². The molecule has 9 heteroatoms. The van der Waals surface area contributed by atoms with Crippen molar-refractivity contribution in [2.45, 2.75) is 73.0 Å². The zero-order valence-corrected chi connectivity index (χ0v) is 19.9. The Balaban J connectivity index is 1.35. The van der Waals surface area contributed by atoms with E-state index in [2.05, 4.69) is 44.8 Å². The van der Waals surface area contributed by atoms with Crippen LogP contribution in [0.25, 0.3) is 11.0 Å². The molecule has 0 aromatic carbocycles. The summed E-state index contributed by atoms with van der Waals surface area (Å²) in [5.74, 6) is 0.462. The van der Waals surface area contributed by atoms with E-state index in [4.69, 9.17) is 0 Å². The van der Waals surface area contributed by atoms with Crippen LogP contribution in [0.1, 0.15) is 59.6 Å². The van der Waals surface area contributed by atoms with Crippen LogP contribution < -0.4 is 5.32 Å². The van der Waals surface area contributed by atoms with Crippen LogP contribution in [0.2, 0.25) is 0 Å². The average molecular weight is 447 g/mol. The molecule has 9 nitrogen and oxygen atoms in total. The fraction of sp³-hybridized carbons (Fsp3) is 0.458. The Morgan fingerprint density at radius 1 is 1.06 bits per heavy atom. The first-order valence-corrected chi connectivity index (χ1v) is 11.5. The van der Waals surface area contributed by atoms with E-state index < -0.39 is 0 Å². The minimum Gasteiger partial charge on any atom is -0.321 e. The summed E-state index contributed by atoms with van der Waals surface area (Å²) in [7, 11) is 0. The van der Waals surface area contributed by atoms with Crippen molar-refractivity contribution in [2.75, 3.05) is 5.32 Å². The summed E-state index contributed by atoms with van der Waals surface area (Å²) >= 11 is 0. The van der Waals surface area contributed by atoms with E-state index in [1.165, 1.54) is 18.4 Å². The third kappa shape index (κ3) is 3.92. The molecule has 4 heterocycles. The Morgan fingerprint density at radius 2 is 1.82 bits per heavy atom. The number of carbonyl (C=O) groups excluding carboxylic acids is 1. The van der Waals surface area contributed by atoms with Crippen LogP contribution in [0.5, 0.6) is 0 Å². The number of carbonyl (C=O) groups is 1. The summed E-state index contributed by atoms with van der Waals surface area (Å²) in [6.45, 7) is 11.5. The van der Waals surface area contributed by atoms with Gasteiger partial charge in [0, 0.05) is 29.9 Å². The highest BCUT2D eigenvalue weighted by atomic mass is 16.2. The van der Waals surface area contributed by atoms with E-state index >= 15 is 0 Å². The first kappa shape index (κ1) is 21.4. The van der Waals surface area contributed by atoms with Gasteiger partial charge in [-0.25, -0.2) is 9.67 Å². The van der Waals surface area contributed by atoms with Gasteiger partial charge in [0.25, 0.3) is 0 Å². The predicted octanol–water partition coefficient (Wildman–Crippen LogP) is 3.64. The van der Waals surface area contributed by atoms with Crippen molar-refractivity contribution in [3.8, 4) is 0 Å². The highest BCUT2D eigenvalue weighted by molar-refractivity contribution is 5.93. The molecule has 0 unspecified atom stereocenters. The van der Waals surface area contributed by atoms with Crippen LogP contribution >= 0.6 is 0 Å². The number of anilines is 1. The molecule has 1 fully saturated rings. The fourth-order valence-corrected chi connectivity index (χ4v) is 4.54. The molecule has 0 radical (unpaired) electrons. The Hall–Kier alpha value is -3.49. The maximum Gasteiger partial charge on any atom is 0.246 e.